The fourth-order valence-corrected chi connectivity index (χ4v) is 4.72. The third kappa shape index (κ3) is 4.96. The minimum atomic E-state index is -3.90. The standard InChI is InChI=1S/C25H23N3O4S/c1-31-23-11-13-24(14-12-23)33(29,30)28(22-10-15-25(32-2)27-17-22)18-21-9-8-20(16-26-21)19-6-4-3-5-7-19/h3-17H,18H2,1-2H3. The highest BCUT2D eigenvalue weighted by molar-refractivity contribution is 7.92. The van der Waals surface area contributed by atoms with Crippen LogP contribution in [-0.4, -0.2) is 32.6 Å². The second-order valence-corrected chi connectivity index (χ2v) is 9.01. The molecule has 0 atom stereocenters. The topological polar surface area (TPSA) is 81.6 Å². The summed E-state index contributed by atoms with van der Waals surface area (Å²) in [5.74, 6) is 0.968. The van der Waals surface area contributed by atoms with Crippen molar-refractivity contribution in [1.29, 1.82) is 0 Å². The molecular formula is C25H23N3O4S. The van der Waals surface area contributed by atoms with Gasteiger partial charge in [-0.1, -0.05) is 36.4 Å². The molecule has 4 aromatic rings. The number of nitrogens with zero attached hydrogens (tertiary/aromatic N) is 3. The van der Waals surface area contributed by atoms with Crippen LogP contribution < -0.4 is 13.8 Å². The summed E-state index contributed by atoms with van der Waals surface area (Å²) in [5, 5.41) is 0. The van der Waals surface area contributed by atoms with Gasteiger partial charge in [0.25, 0.3) is 10.0 Å². The van der Waals surface area contributed by atoms with Crippen molar-refractivity contribution >= 4 is 15.7 Å². The molecule has 0 radical (unpaired) electrons. The second-order valence-electron chi connectivity index (χ2n) is 7.15. The highest BCUT2D eigenvalue weighted by Gasteiger charge is 2.26. The predicted octanol–water partition coefficient (Wildman–Crippen LogP) is 4.56. The molecule has 0 aliphatic carbocycles. The van der Waals surface area contributed by atoms with E-state index >= 15 is 0 Å². The molecule has 168 valence electrons. The molecule has 0 saturated heterocycles. The molecule has 0 aliphatic rings. The predicted molar refractivity (Wildman–Crippen MR) is 127 cm³/mol. The van der Waals surface area contributed by atoms with Crippen LogP contribution in [0.3, 0.4) is 0 Å². The van der Waals surface area contributed by atoms with Crippen LogP contribution >= 0.6 is 0 Å². The smallest absolute Gasteiger partial charge is 0.264 e. The van der Waals surface area contributed by atoms with Crippen molar-refractivity contribution < 1.29 is 17.9 Å². The second kappa shape index (κ2) is 9.70. The lowest BCUT2D eigenvalue weighted by Gasteiger charge is -2.24. The van der Waals surface area contributed by atoms with Crippen LogP contribution in [0.1, 0.15) is 5.69 Å². The quantitative estimate of drug-likeness (QED) is 0.383. The number of pyridine rings is 2. The largest absolute Gasteiger partial charge is 0.497 e. The number of anilines is 1. The molecule has 7 nitrogen and oxygen atoms in total. The maximum Gasteiger partial charge on any atom is 0.264 e. The van der Waals surface area contributed by atoms with Crippen LogP contribution in [-0.2, 0) is 16.6 Å². The summed E-state index contributed by atoms with van der Waals surface area (Å²) in [6.07, 6.45) is 3.22. The van der Waals surface area contributed by atoms with Crippen molar-refractivity contribution in [2.75, 3.05) is 18.5 Å². The van der Waals surface area contributed by atoms with Gasteiger partial charge in [-0.05, 0) is 42.0 Å². The molecule has 0 N–H and O–H groups in total. The Kier molecular flexibility index (Phi) is 6.55. The van der Waals surface area contributed by atoms with E-state index in [4.69, 9.17) is 9.47 Å². The number of aromatic nitrogens is 2. The van der Waals surface area contributed by atoms with Gasteiger partial charge in [-0.2, -0.15) is 0 Å². The van der Waals surface area contributed by atoms with Crippen LogP contribution in [0.25, 0.3) is 11.1 Å². The van der Waals surface area contributed by atoms with Crippen molar-refractivity contribution in [2.45, 2.75) is 11.4 Å². The fourth-order valence-electron chi connectivity index (χ4n) is 3.30. The average molecular weight is 462 g/mol. The van der Waals surface area contributed by atoms with Crippen LogP contribution in [0.15, 0.2) is 96.2 Å². The van der Waals surface area contributed by atoms with Crippen molar-refractivity contribution in [3.63, 3.8) is 0 Å². The first kappa shape index (κ1) is 22.3. The molecule has 0 unspecified atom stereocenters. The summed E-state index contributed by atoms with van der Waals surface area (Å²) in [5.41, 5.74) is 3.00. The number of hydrogen-bond donors (Lipinski definition) is 0. The lowest BCUT2D eigenvalue weighted by atomic mass is 10.1. The minimum Gasteiger partial charge on any atom is -0.497 e. The molecule has 4 rings (SSSR count). The van der Waals surface area contributed by atoms with Gasteiger partial charge in [0.1, 0.15) is 5.75 Å². The summed E-state index contributed by atoms with van der Waals surface area (Å²) in [7, 11) is -0.865. The first-order valence-electron chi connectivity index (χ1n) is 10.2. The zero-order chi connectivity index (χ0) is 23.3. The first-order valence-corrected chi connectivity index (χ1v) is 11.6. The average Bonchev–Trinajstić information content (AvgIpc) is 2.88. The number of sulfonamides is 1. The zero-order valence-corrected chi connectivity index (χ0v) is 19.1. The van der Waals surface area contributed by atoms with E-state index in [1.165, 1.54) is 36.9 Å². The van der Waals surface area contributed by atoms with E-state index in [2.05, 4.69) is 9.97 Å². The highest BCUT2D eigenvalue weighted by Crippen LogP contribution is 2.28. The third-order valence-electron chi connectivity index (χ3n) is 5.10. The third-order valence-corrected chi connectivity index (χ3v) is 6.89. The number of methoxy groups -OCH3 is 2. The van der Waals surface area contributed by atoms with Gasteiger partial charge < -0.3 is 9.47 Å². The normalized spacial score (nSPS) is 11.1. The van der Waals surface area contributed by atoms with E-state index in [1.807, 2.05) is 42.5 Å². The van der Waals surface area contributed by atoms with Crippen LogP contribution in [0.5, 0.6) is 11.6 Å². The monoisotopic (exact) mass is 461 g/mol. The molecule has 0 fully saturated rings. The van der Waals surface area contributed by atoms with Crippen molar-refractivity contribution in [3.8, 4) is 22.8 Å². The van der Waals surface area contributed by atoms with Gasteiger partial charge in [0.05, 0.1) is 43.2 Å². The molecule has 0 aliphatic heterocycles. The van der Waals surface area contributed by atoms with Crippen LogP contribution in [0, 0.1) is 0 Å². The molecule has 0 saturated carbocycles. The maximum atomic E-state index is 13.6. The summed E-state index contributed by atoms with van der Waals surface area (Å²) in [6.45, 7) is 0.0391. The van der Waals surface area contributed by atoms with Gasteiger partial charge in [0.2, 0.25) is 5.88 Å². The van der Waals surface area contributed by atoms with E-state index in [1.54, 1.807) is 30.5 Å². The van der Waals surface area contributed by atoms with Gasteiger partial charge in [-0.25, -0.2) is 13.4 Å². The van der Waals surface area contributed by atoms with Gasteiger partial charge >= 0.3 is 0 Å². The molecule has 0 amide bonds. The van der Waals surface area contributed by atoms with Crippen molar-refractivity contribution in [1.82, 2.24) is 9.97 Å². The van der Waals surface area contributed by atoms with Gasteiger partial charge in [0, 0.05) is 17.8 Å². The Hall–Kier alpha value is -3.91. The lowest BCUT2D eigenvalue weighted by molar-refractivity contribution is 0.398. The summed E-state index contributed by atoms with van der Waals surface area (Å²) < 4.78 is 38.7. The van der Waals surface area contributed by atoms with E-state index in [0.717, 1.165) is 11.1 Å². The van der Waals surface area contributed by atoms with Crippen molar-refractivity contribution in [2.24, 2.45) is 0 Å². The van der Waals surface area contributed by atoms with E-state index in [0.29, 0.717) is 23.0 Å². The first-order chi connectivity index (χ1) is 16.0. The summed E-state index contributed by atoms with van der Waals surface area (Å²) >= 11 is 0. The molecule has 33 heavy (non-hydrogen) atoms. The molecular weight excluding hydrogens is 438 g/mol. The molecule has 8 heteroatoms. The van der Waals surface area contributed by atoms with E-state index < -0.39 is 10.0 Å². The van der Waals surface area contributed by atoms with Gasteiger partial charge in [0.15, 0.2) is 0 Å². The van der Waals surface area contributed by atoms with Crippen molar-refractivity contribution in [3.05, 3.63) is 97.0 Å². The number of ether oxygens (including phenoxy) is 2. The lowest BCUT2D eigenvalue weighted by Crippen LogP contribution is -2.31. The maximum absolute atomic E-state index is 13.6. The zero-order valence-electron chi connectivity index (χ0n) is 18.3. The number of benzene rings is 2. The SMILES string of the molecule is COc1ccc(S(=O)(=O)N(Cc2ccc(-c3ccccc3)cn2)c2ccc(OC)nc2)cc1. The van der Waals surface area contributed by atoms with E-state index in [-0.39, 0.29) is 11.4 Å². The summed E-state index contributed by atoms with van der Waals surface area (Å²) in [4.78, 5) is 8.84. The molecule has 2 aromatic heterocycles. The Morgan fingerprint density at radius 2 is 1.52 bits per heavy atom. The Morgan fingerprint density at radius 1 is 0.758 bits per heavy atom. The number of rotatable bonds is 8. The Labute approximate surface area is 193 Å². The Balaban J connectivity index is 1.69. The Morgan fingerprint density at radius 3 is 2.09 bits per heavy atom. The molecule has 0 bridgehead atoms. The molecule has 2 heterocycles. The van der Waals surface area contributed by atoms with E-state index in [9.17, 15) is 8.42 Å². The van der Waals surface area contributed by atoms with Crippen LogP contribution in [0.2, 0.25) is 0 Å². The Bertz CT molecular complexity index is 1290. The van der Waals surface area contributed by atoms with Gasteiger partial charge in [-0.15, -0.1) is 0 Å². The van der Waals surface area contributed by atoms with Gasteiger partial charge in [-0.3, -0.25) is 9.29 Å². The molecule has 0 spiro atoms. The van der Waals surface area contributed by atoms with Crippen LogP contribution in [0.4, 0.5) is 5.69 Å². The minimum absolute atomic E-state index is 0.0391. The fraction of sp³-hybridized carbons (Fsp3) is 0.120. The molecule has 2 aromatic carbocycles. The number of hydrogen-bond acceptors (Lipinski definition) is 6. The summed E-state index contributed by atoms with van der Waals surface area (Å²) in [6, 6.07) is 23.2. The highest BCUT2D eigenvalue weighted by atomic mass is 32.2.